The maximum Gasteiger partial charge on any atom is 0.0431 e. The van der Waals surface area contributed by atoms with Crippen LogP contribution in [-0.4, -0.2) is 23.2 Å². The van der Waals surface area contributed by atoms with E-state index in [0.717, 1.165) is 6.42 Å². The molecule has 0 unspecified atom stereocenters. The van der Waals surface area contributed by atoms with Gasteiger partial charge in [-0.25, -0.2) is 0 Å². The summed E-state index contributed by atoms with van der Waals surface area (Å²) in [4.78, 5) is 0. The molecule has 1 nitrogen and oxygen atoms in total. The molecule has 0 aromatic heterocycles. The number of rotatable bonds is 11. The number of hydrogen-bond donors (Lipinski definition) is 1. The van der Waals surface area contributed by atoms with E-state index < -0.39 is 0 Å². The summed E-state index contributed by atoms with van der Waals surface area (Å²) in [6, 6.07) is 0. The van der Waals surface area contributed by atoms with Crippen LogP contribution in [0.25, 0.3) is 0 Å². The topological polar surface area (TPSA) is 20.2 Å². The first-order chi connectivity index (χ1) is 6.91. The van der Waals surface area contributed by atoms with Crippen molar-refractivity contribution in [3.05, 3.63) is 0 Å². The summed E-state index contributed by atoms with van der Waals surface area (Å²) >= 11 is 2.05. The summed E-state index contributed by atoms with van der Waals surface area (Å²) in [7, 11) is 0. The number of aliphatic hydroxyl groups is 1. The highest BCUT2D eigenvalue weighted by Gasteiger charge is 1.91. The highest BCUT2D eigenvalue weighted by atomic mass is 32.2. The summed E-state index contributed by atoms with van der Waals surface area (Å²) in [6.45, 7) is 2.62. The van der Waals surface area contributed by atoms with Gasteiger partial charge in [0, 0.05) is 6.61 Å². The first kappa shape index (κ1) is 14.3. The van der Waals surface area contributed by atoms with Gasteiger partial charge in [-0.05, 0) is 30.8 Å². The van der Waals surface area contributed by atoms with Gasteiger partial charge >= 0.3 is 0 Å². The van der Waals surface area contributed by atoms with E-state index in [-0.39, 0.29) is 0 Å². The predicted molar refractivity (Wildman–Crippen MR) is 67.0 cm³/mol. The standard InChI is InChI=1S/C12H26OS/c1-2-3-4-5-6-8-11-14-12-9-7-10-13/h13H,2-12H2,1H3. The molecule has 0 radical (unpaired) electrons. The lowest BCUT2D eigenvalue weighted by Crippen LogP contribution is -1.88. The summed E-state index contributed by atoms with van der Waals surface area (Å²) in [5, 5.41) is 8.58. The molecule has 0 atom stereocenters. The molecule has 0 aromatic carbocycles. The normalized spacial score (nSPS) is 10.7. The maximum absolute atomic E-state index is 8.58. The lowest BCUT2D eigenvalue weighted by Gasteiger charge is -2.01. The van der Waals surface area contributed by atoms with Crippen molar-refractivity contribution in [2.75, 3.05) is 18.1 Å². The smallest absolute Gasteiger partial charge is 0.0431 e. The third-order valence-electron chi connectivity index (χ3n) is 2.34. The van der Waals surface area contributed by atoms with Gasteiger partial charge in [0.25, 0.3) is 0 Å². The fraction of sp³-hybridized carbons (Fsp3) is 1.00. The van der Waals surface area contributed by atoms with Crippen molar-refractivity contribution >= 4 is 11.8 Å². The average Bonchev–Trinajstić information content (AvgIpc) is 2.21. The van der Waals surface area contributed by atoms with Gasteiger partial charge in [0.05, 0.1) is 0 Å². The molecule has 0 fully saturated rings. The highest BCUT2D eigenvalue weighted by Crippen LogP contribution is 2.10. The minimum Gasteiger partial charge on any atom is -0.396 e. The monoisotopic (exact) mass is 218 g/mol. The number of thioether (sulfide) groups is 1. The number of aliphatic hydroxyl groups excluding tert-OH is 1. The first-order valence-electron chi connectivity index (χ1n) is 6.10. The van der Waals surface area contributed by atoms with Crippen LogP contribution in [0.1, 0.15) is 58.3 Å². The van der Waals surface area contributed by atoms with E-state index >= 15 is 0 Å². The molecule has 0 heterocycles. The second kappa shape index (κ2) is 13.3. The van der Waals surface area contributed by atoms with Crippen molar-refractivity contribution in [2.24, 2.45) is 0 Å². The van der Waals surface area contributed by atoms with Crippen molar-refractivity contribution in [1.29, 1.82) is 0 Å². The molecule has 0 aliphatic heterocycles. The van der Waals surface area contributed by atoms with Crippen LogP contribution < -0.4 is 0 Å². The SMILES string of the molecule is CCCCCCCCSCCCCO. The van der Waals surface area contributed by atoms with Crippen LogP contribution >= 0.6 is 11.8 Å². The summed E-state index contributed by atoms with van der Waals surface area (Å²) in [6.07, 6.45) is 10.5. The Kier molecular flexibility index (Phi) is 13.6. The number of unbranched alkanes of at least 4 members (excludes halogenated alkanes) is 6. The zero-order valence-corrected chi connectivity index (χ0v) is 10.5. The molecule has 1 N–H and O–H groups in total. The van der Waals surface area contributed by atoms with Gasteiger partial charge in [-0.1, -0.05) is 39.0 Å². The third kappa shape index (κ3) is 12.3. The third-order valence-corrected chi connectivity index (χ3v) is 3.49. The zero-order chi connectivity index (χ0) is 10.5. The number of hydrogen-bond acceptors (Lipinski definition) is 2. The fourth-order valence-electron chi connectivity index (χ4n) is 1.40. The van der Waals surface area contributed by atoms with E-state index in [1.54, 1.807) is 0 Å². The van der Waals surface area contributed by atoms with E-state index in [9.17, 15) is 0 Å². The van der Waals surface area contributed by atoms with Gasteiger partial charge in [0.2, 0.25) is 0 Å². The lowest BCUT2D eigenvalue weighted by atomic mass is 10.1. The van der Waals surface area contributed by atoms with Crippen LogP contribution in [0.5, 0.6) is 0 Å². The van der Waals surface area contributed by atoms with Gasteiger partial charge < -0.3 is 5.11 Å². The molecule has 0 aliphatic rings. The van der Waals surface area contributed by atoms with Crippen LogP contribution in [0.3, 0.4) is 0 Å². The molecular weight excluding hydrogens is 192 g/mol. The Bertz CT molecular complexity index is 84.3. The van der Waals surface area contributed by atoms with Gasteiger partial charge in [0.15, 0.2) is 0 Å². The van der Waals surface area contributed by atoms with Crippen molar-refractivity contribution < 1.29 is 5.11 Å². The molecule has 86 valence electrons. The van der Waals surface area contributed by atoms with E-state index in [2.05, 4.69) is 6.92 Å². The van der Waals surface area contributed by atoms with Crippen molar-refractivity contribution in [2.45, 2.75) is 58.3 Å². The summed E-state index contributed by atoms with van der Waals surface area (Å²) < 4.78 is 0. The molecule has 0 aliphatic carbocycles. The van der Waals surface area contributed by atoms with Crippen LogP contribution in [0.15, 0.2) is 0 Å². The Labute approximate surface area is 93.7 Å². The second-order valence-electron chi connectivity index (χ2n) is 3.81. The molecular formula is C12H26OS. The molecule has 0 bridgehead atoms. The van der Waals surface area contributed by atoms with E-state index in [1.165, 1.54) is 56.5 Å². The molecule has 14 heavy (non-hydrogen) atoms. The Morgan fingerprint density at radius 2 is 1.36 bits per heavy atom. The minimum atomic E-state index is 0.359. The fourth-order valence-corrected chi connectivity index (χ4v) is 2.42. The molecule has 0 saturated heterocycles. The average molecular weight is 218 g/mol. The largest absolute Gasteiger partial charge is 0.396 e. The first-order valence-corrected chi connectivity index (χ1v) is 7.26. The Morgan fingerprint density at radius 1 is 0.786 bits per heavy atom. The molecule has 2 heteroatoms. The van der Waals surface area contributed by atoms with Gasteiger partial charge in [-0.3, -0.25) is 0 Å². The molecule has 0 saturated carbocycles. The summed E-state index contributed by atoms with van der Waals surface area (Å²) in [5.41, 5.74) is 0. The van der Waals surface area contributed by atoms with Gasteiger partial charge in [0.1, 0.15) is 0 Å². The van der Waals surface area contributed by atoms with E-state index in [4.69, 9.17) is 5.11 Å². The van der Waals surface area contributed by atoms with Crippen molar-refractivity contribution in [3.8, 4) is 0 Å². The van der Waals surface area contributed by atoms with Gasteiger partial charge in [-0.15, -0.1) is 0 Å². The predicted octanol–water partition coefficient (Wildman–Crippen LogP) is 3.85. The van der Waals surface area contributed by atoms with Crippen LogP contribution in [0.2, 0.25) is 0 Å². The van der Waals surface area contributed by atoms with Crippen LogP contribution in [0.4, 0.5) is 0 Å². The lowest BCUT2D eigenvalue weighted by molar-refractivity contribution is 0.287. The van der Waals surface area contributed by atoms with Crippen molar-refractivity contribution in [1.82, 2.24) is 0 Å². The van der Waals surface area contributed by atoms with Crippen LogP contribution in [0, 0.1) is 0 Å². The molecule has 0 spiro atoms. The molecule has 0 amide bonds. The van der Waals surface area contributed by atoms with Crippen molar-refractivity contribution in [3.63, 3.8) is 0 Å². The maximum atomic E-state index is 8.58. The minimum absolute atomic E-state index is 0.359. The molecule has 0 aromatic rings. The highest BCUT2D eigenvalue weighted by molar-refractivity contribution is 7.99. The van der Waals surface area contributed by atoms with Crippen LogP contribution in [-0.2, 0) is 0 Å². The van der Waals surface area contributed by atoms with Gasteiger partial charge in [-0.2, -0.15) is 11.8 Å². The quantitative estimate of drug-likeness (QED) is 0.532. The Balaban J connectivity index is 2.78. The zero-order valence-electron chi connectivity index (χ0n) is 9.63. The summed E-state index contributed by atoms with van der Waals surface area (Å²) in [5.74, 6) is 2.55. The Morgan fingerprint density at radius 3 is 2.00 bits per heavy atom. The second-order valence-corrected chi connectivity index (χ2v) is 5.04. The molecule has 0 rings (SSSR count). The van der Waals surface area contributed by atoms with E-state index in [1.807, 2.05) is 11.8 Å². The Hall–Kier alpha value is 0.310. The van der Waals surface area contributed by atoms with E-state index in [0.29, 0.717) is 6.61 Å².